The van der Waals surface area contributed by atoms with Gasteiger partial charge in [-0.2, -0.15) is 0 Å². The van der Waals surface area contributed by atoms with Gasteiger partial charge < -0.3 is 10.3 Å². The zero-order valence-electron chi connectivity index (χ0n) is 9.28. The van der Waals surface area contributed by atoms with Crippen molar-refractivity contribution in [1.29, 1.82) is 0 Å². The van der Waals surface area contributed by atoms with E-state index in [0.717, 1.165) is 25.1 Å². The lowest BCUT2D eigenvalue weighted by Crippen LogP contribution is -2.05. The Labute approximate surface area is 90.5 Å². The van der Waals surface area contributed by atoms with Crippen LogP contribution in [0.15, 0.2) is 12.4 Å². The molecule has 84 valence electrons. The molecule has 1 aromatic heterocycles. The van der Waals surface area contributed by atoms with E-state index >= 15 is 0 Å². The maximum absolute atomic E-state index is 11.4. The number of hydrogen-bond acceptors (Lipinski definition) is 3. The van der Waals surface area contributed by atoms with Gasteiger partial charge in [0.1, 0.15) is 11.6 Å². The van der Waals surface area contributed by atoms with Crippen LogP contribution in [0.5, 0.6) is 0 Å². The normalized spacial score (nSPS) is 10.5. The van der Waals surface area contributed by atoms with E-state index in [0.29, 0.717) is 25.2 Å². The summed E-state index contributed by atoms with van der Waals surface area (Å²) in [7, 11) is 1.95. The van der Waals surface area contributed by atoms with Crippen LogP contribution in [0.1, 0.15) is 31.5 Å². The molecule has 0 amide bonds. The van der Waals surface area contributed by atoms with Crippen molar-refractivity contribution in [2.45, 2.75) is 32.1 Å². The highest BCUT2D eigenvalue weighted by molar-refractivity contribution is 5.78. The van der Waals surface area contributed by atoms with E-state index in [-0.39, 0.29) is 0 Å². The first kappa shape index (κ1) is 11.9. The quantitative estimate of drug-likeness (QED) is 0.683. The van der Waals surface area contributed by atoms with Crippen LogP contribution in [-0.4, -0.2) is 21.9 Å². The molecule has 0 unspecified atom stereocenters. The highest BCUT2D eigenvalue weighted by atomic mass is 16.1. The Kier molecular flexibility index (Phi) is 5.04. The molecule has 4 heteroatoms. The van der Waals surface area contributed by atoms with E-state index in [1.807, 2.05) is 17.8 Å². The first-order chi connectivity index (χ1) is 7.24. The van der Waals surface area contributed by atoms with E-state index in [9.17, 15) is 4.79 Å². The largest absolute Gasteiger partial charge is 0.338 e. The molecule has 0 aliphatic carbocycles. The zero-order valence-corrected chi connectivity index (χ0v) is 9.28. The van der Waals surface area contributed by atoms with Gasteiger partial charge in [-0.05, 0) is 19.4 Å². The third kappa shape index (κ3) is 4.25. The molecule has 4 nitrogen and oxygen atoms in total. The molecular formula is C11H19N3O. The van der Waals surface area contributed by atoms with Gasteiger partial charge in [0.15, 0.2) is 0 Å². The summed E-state index contributed by atoms with van der Waals surface area (Å²) < 4.78 is 1.95. The number of nitrogens with zero attached hydrogens (tertiary/aromatic N) is 2. The summed E-state index contributed by atoms with van der Waals surface area (Å²) in [4.78, 5) is 15.6. The lowest BCUT2D eigenvalue weighted by molar-refractivity contribution is -0.119. The van der Waals surface area contributed by atoms with Crippen molar-refractivity contribution in [3.8, 4) is 0 Å². The second-order valence-electron chi connectivity index (χ2n) is 3.74. The first-order valence-electron chi connectivity index (χ1n) is 5.42. The number of Topliss-reactive ketones (excluding diaryl/α,β-unsaturated/α-hetero) is 1. The van der Waals surface area contributed by atoms with Gasteiger partial charge >= 0.3 is 0 Å². The van der Waals surface area contributed by atoms with Gasteiger partial charge in [-0.25, -0.2) is 4.98 Å². The predicted molar refractivity (Wildman–Crippen MR) is 59.4 cm³/mol. The Morgan fingerprint density at radius 1 is 1.47 bits per heavy atom. The van der Waals surface area contributed by atoms with Crippen LogP contribution in [0.3, 0.4) is 0 Å². The number of carbonyl (C=O) groups is 1. The van der Waals surface area contributed by atoms with Crippen LogP contribution < -0.4 is 5.73 Å². The van der Waals surface area contributed by atoms with Gasteiger partial charge in [0.25, 0.3) is 0 Å². The van der Waals surface area contributed by atoms with Crippen molar-refractivity contribution in [3.63, 3.8) is 0 Å². The van der Waals surface area contributed by atoms with Gasteiger partial charge in [0.2, 0.25) is 0 Å². The predicted octanol–water partition coefficient (Wildman–Crippen LogP) is 1.05. The van der Waals surface area contributed by atoms with Crippen molar-refractivity contribution < 1.29 is 4.79 Å². The minimum atomic E-state index is 0.312. The fraction of sp³-hybridized carbons (Fsp3) is 0.636. The number of aromatic nitrogens is 2. The summed E-state index contributed by atoms with van der Waals surface area (Å²) in [5.41, 5.74) is 5.36. The third-order valence-corrected chi connectivity index (χ3v) is 2.46. The third-order valence-electron chi connectivity index (χ3n) is 2.46. The summed E-state index contributed by atoms with van der Waals surface area (Å²) in [6.45, 7) is 0.673. The van der Waals surface area contributed by atoms with Crippen LogP contribution >= 0.6 is 0 Å². The minimum Gasteiger partial charge on any atom is -0.338 e. The smallest absolute Gasteiger partial charge is 0.133 e. The van der Waals surface area contributed by atoms with Crippen LogP contribution in [-0.2, 0) is 18.3 Å². The van der Waals surface area contributed by atoms with Gasteiger partial charge in [-0.15, -0.1) is 0 Å². The Balaban J connectivity index is 2.20. The number of rotatable bonds is 7. The molecule has 1 heterocycles. The molecule has 0 aliphatic rings. The summed E-state index contributed by atoms with van der Waals surface area (Å²) in [6, 6.07) is 0. The number of carbonyl (C=O) groups excluding carboxylic acids is 1. The first-order valence-corrected chi connectivity index (χ1v) is 5.42. The zero-order chi connectivity index (χ0) is 11.1. The molecule has 0 radical (unpaired) electrons. The Hall–Kier alpha value is -1.16. The van der Waals surface area contributed by atoms with Gasteiger partial charge in [0, 0.05) is 38.7 Å². The molecule has 1 aromatic rings. The number of hydrogen-bond donors (Lipinski definition) is 1. The van der Waals surface area contributed by atoms with Crippen molar-refractivity contribution >= 4 is 5.78 Å². The number of nitrogens with two attached hydrogens (primary N) is 1. The van der Waals surface area contributed by atoms with E-state index < -0.39 is 0 Å². The SMILES string of the molecule is Cn1ccnc1CCC(=O)CCCCN. The molecule has 0 fully saturated rings. The maximum Gasteiger partial charge on any atom is 0.133 e. The monoisotopic (exact) mass is 209 g/mol. The standard InChI is InChI=1S/C11H19N3O/c1-14-9-8-13-11(14)6-5-10(15)4-2-3-7-12/h8-9H,2-7,12H2,1H3. The number of aryl methyl sites for hydroxylation is 2. The second kappa shape index (κ2) is 6.35. The number of ketones is 1. The minimum absolute atomic E-state index is 0.312. The van der Waals surface area contributed by atoms with Crippen molar-refractivity contribution in [2.75, 3.05) is 6.54 Å². The lowest BCUT2D eigenvalue weighted by atomic mass is 10.1. The van der Waals surface area contributed by atoms with Gasteiger partial charge in [-0.1, -0.05) is 0 Å². The Morgan fingerprint density at radius 2 is 2.27 bits per heavy atom. The Bertz CT molecular complexity index is 307. The molecular weight excluding hydrogens is 190 g/mol. The van der Waals surface area contributed by atoms with Crippen molar-refractivity contribution in [3.05, 3.63) is 18.2 Å². The summed E-state index contributed by atoms with van der Waals surface area (Å²) in [5.74, 6) is 1.29. The topological polar surface area (TPSA) is 60.9 Å². The molecule has 1 rings (SSSR count). The van der Waals surface area contributed by atoms with E-state index in [1.165, 1.54) is 0 Å². The van der Waals surface area contributed by atoms with Crippen LogP contribution in [0.25, 0.3) is 0 Å². The summed E-state index contributed by atoms with van der Waals surface area (Å²) >= 11 is 0. The molecule has 0 spiro atoms. The average molecular weight is 209 g/mol. The average Bonchev–Trinajstić information content (AvgIpc) is 2.61. The Morgan fingerprint density at radius 3 is 2.87 bits per heavy atom. The molecule has 0 saturated carbocycles. The maximum atomic E-state index is 11.4. The highest BCUT2D eigenvalue weighted by Crippen LogP contribution is 2.03. The molecule has 0 bridgehead atoms. The molecule has 15 heavy (non-hydrogen) atoms. The second-order valence-corrected chi connectivity index (χ2v) is 3.74. The molecule has 0 aromatic carbocycles. The van der Waals surface area contributed by atoms with E-state index in [1.54, 1.807) is 6.20 Å². The molecule has 0 aliphatic heterocycles. The van der Waals surface area contributed by atoms with Crippen molar-refractivity contribution in [1.82, 2.24) is 9.55 Å². The van der Waals surface area contributed by atoms with E-state index in [4.69, 9.17) is 5.73 Å². The van der Waals surface area contributed by atoms with E-state index in [2.05, 4.69) is 4.98 Å². The van der Waals surface area contributed by atoms with Gasteiger partial charge in [-0.3, -0.25) is 4.79 Å². The van der Waals surface area contributed by atoms with Crippen LogP contribution in [0.4, 0.5) is 0 Å². The van der Waals surface area contributed by atoms with Crippen LogP contribution in [0.2, 0.25) is 0 Å². The lowest BCUT2D eigenvalue weighted by Gasteiger charge is -2.01. The summed E-state index contributed by atoms with van der Waals surface area (Å²) in [6.07, 6.45) is 7.49. The van der Waals surface area contributed by atoms with Gasteiger partial charge in [0.05, 0.1) is 0 Å². The fourth-order valence-electron chi connectivity index (χ4n) is 1.48. The summed E-state index contributed by atoms with van der Waals surface area (Å²) in [5, 5.41) is 0. The fourth-order valence-corrected chi connectivity index (χ4v) is 1.48. The number of imidazole rings is 1. The number of unbranched alkanes of at least 4 members (excludes halogenated alkanes) is 1. The molecule has 0 atom stereocenters. The molecule has 0 saturated heterocycles. The highest BCUT2D eigenvalue weighted by Gasteiger charge is 2.04. The molecule has 2 N–H and O–H groups in total. The van der Waals surface area contributed by atoms with Crippen molar-refractivity contribution in [2.24, 2.45) is 12.8 Å². The van der Waals surface area contributed by atoms with Crippen LogP contribution in [0, 0.1) is 0 Å².